The Morgan fingerprint density at radius 3 is 2.41 bits per heavy atom. The normalized spacial score (nSPS) is 20.4. The minimum atomic E-state index is -3.58. The molecule has 1 aliphatic carbocycles. The average Bonchev–Trinajstić information content (AvgIpc) is 3.19. The number of hydrogen-bond donors (Lipinski definition) is 2. The highest BCUT2D eigenvalue weighted by Gasteiger charge is 2.42. The molecule has 6 nitrogen and oxygen atoms in total. The van der Waals surface area contributed by atoms with Crippen LogP contribution in [0.25, 0.3) is 0 Å². The van der Waals surface area contributed by atoms with Crippen LogP contribution >= 0.6 is 0 Å². The Morgan fingerprint density at radius 1 is 1.23 bits per heavy atom. The van der Waals surface area contributed by atoms with Crippen molar-refractivity contribution in [3.8, 4) is 0 Å². The first-order chi connectivity index (χ1) is 10.5. The Labute approximate surface area is 130 Å². The Hall–Kier alpha value is -1.44. The van der Waals surface area contributed by atoms with E-state index in [0.29, 0.717) is 13.0 Å². The van der Waals surface area contributed by atoms with Gasteiger partial charge in [0.15, 0.2) is 0 Å². The zero-order valence-electron chi connectivity index (χ0n) is 12.3. The van der Waals surface area contributed by atoms with Gasteiger partial charge in [-0.1, -0.05) is 0 Å². The number of hydrogen-bond acceptors (Lipinski definition) is 4. The molecule has 1 heterocycles. The molecule has 1 aromatic rings. The number of sulfonamides is 1. The van der Waals surface area contributed by atoms with Crippen LogP contribution in [-0.2, 0) is 14.8 Å². The van der Waals surface area contributed by atoms with Gasteiger partial charge in [0.05, 0.1) is 4.90 Å². The summed E-state index contributed by atoms with van der Waals surface area (Å²) in [6.07, 6.45) is 3.08. The maximum absolute atomic E-state index is 12.2. The average molecular weight is 324 g/mol. The SMILES string of the molecule is O=C1CCCN1c1ccc(S(=O)(=O)NCC2(CO)CC2)cc1. The highest BCUT2D eigenvalue weighted by atomic mass is 32.2. The molecule has 0 atom stereocenters. The zero-order valence-corrected chi connectivity index (χ0v) is 13.1. The fraction of sp³-hybridized carbons (Fsp3) is 0.533. The predicted molar refractivity (Wildman–Crippen MR) is 82.0 cm³/mol. The van der Waals surface area contributed by atoms with Crippen molar-refractivity contribution < 1.29 is 18.3 Å². The van der Waals surface area contributed by atoms with Gasteiger partial charge in [-0.2, -0.15) is 0 Å². The first-order valence-corrected chi connectivity index (χ1v) is 8.95. The fourth-order valence-corrected chi connectivity index (χ4v) is 3.78. The molecule has 2 aliphatic rings. The van der Waals surface area contributed by atoms with Gasteiger partial charge in [-0.25, -0.2) is 13.1 Å². The minimum absolute atomic E-state index is 0.00549. The van der Waals surface area contributed by atoms with Crippen LogP contribution in [0.1, 0.15) is 25.7 Å². The van der Waals surface area contributed by atoms with Gasteiger partial charge in [0.2, 0.25) is 15.9 Å². The number of nitrogens with one attached hydrogen (secondary N) is 1. The van der Waals surface area contributed by atoms with Crippen molar-refractivity contribution in [2.24, 2.45) is 5.41 Å². The van der Waals surface area contributed by atoms with Crippen LogP contribution < -0.4 is 9.62 Å². The lowest BCUT2D eigenvalue weighted by atomic mass is 10.1. The van der Waals surface area contributed by atoms with E-state index in [-0.39, 0.29) is 29.4 Å². The summed E-state index contributed by atoms with van der Waals surface area (Å²) >= 11 is 0. The van der Waals surface area contributed by atoms with E-state index in [0.717, 1.165) is 24.9 Å². The van der Waals surface area contributed by atoms with Crippen LogP contribution in [0, 0.1) is 5.41 Å². The zero-order chi connectivity index (χ0) is 15.8. The van der Waals surface area contributed by atoms with Crippen LogP contribution in [0.4, 0.5) is 5.69 Å². The topological polar surface area (TPSA) is 86.7 Å². The molecule has 1 aromatic carbocycles. The molecule has 1 saturated carbocycles. The lowest BCUT2D eigenvalue weighted by Gasteiger charge is -2.16. The Balaban J connectivity index is 1.70. The fourth-order valence-electron chi connectivity index (χ4n) is 2.63. The number of nitrogens with zero attached hydrogens (tertiary/aromatic N) is 1. The maximum Gasteiger partial charge on any atom is 0.240 e. The van der Waals surface area contributed by atoms with Crippen molar-refractivity contribution in [1.29, 1.82) is 0 Å². The standard InChI is InChI=1S/C15H20N2O4S/c18-11-15(7-8-15)10-16-22(20,21)13-5-3-12(4-6-13)17-9-1-2-14(17)19/h3-6,16,18H,1-2,7-11H2. The van der Waals surface area contributed by atoms with E-state index in [1.54, 1.807) is 17.0 Å². The molecule has 7 heteroatoms. The number of rotatable bonds is 6. The van der Waals surface area contributed by atoms with Crippen molar-refractivity contribution >= 4 is 21.6 Å². The third-order valence-electron chi connectivity index (χ3n) is 4.46. The van der Waals surface area contributed by atoms with Crippen LogP contribution in [0.15, 0.2) is 29.2 Å². The van der Waals surface area contributed by atoms with Gasteiger partial charge in [0.1, 0.15) is 0 Å². The van der Waals surface area contributed by atoms with Gasteiger partial charge in [-0.15, -0.1) is 0 Å². The molecule has 0 radical (unpaired) electrons. The summed E-state index contributed by atoms with van der Waals surface area (Å²) < 4.78 is 27.1. The summed E-state index contributed by atoms with van der Waals surface area (Å²) in [5.74, 6) is 0.0763. The van der Waals surface area contributed by atoms with Gasteiger partial charge in [0, 0.05) is 37.2 Å². The maximum atomic E-state index is 12.2. The molecule has 3 rings (SSSR count). The first kappa shape index (κ1) is 15.5. The number of anilines is 1. The van der Waals surface area contributed by atoms with Gasteiger partial charge < -0.3 is 10.0 Å². The first-order valence-electron chi connectivity index (χ1n) is 7.47. The van der Waals surface area contributed by atoms with Crippen molar-refractivity contribution in [3.05, 3.63) is 24.3 Å². The lowest BCUT2D eigenvalue weighted by Crippen LogP contribution is -2.32. The van der Waals surface area contributed by atoms with Crippen molar-refractivity contribution in [2.45, 2.75) is 30.6 Å². The van der Waals surface area contributed by atoms with E-state index < -0.39 is 10.0 Å². The summed E-state index contributed by atoms with van der Waals surface area (Å²) in [6.45, 7) is 0.950. The largest absolute Gasteiger partial charge is 0.396 e. The molecule has 1 saturated heterocycles. The molecule has 0 aromatic heterocycles. The molecule has 2 N–H and O–H groups in total. The quantitative estimate of drug-likeness (QED) is 0.813. The number of carbonyl (C=O) groups is 1. The second-order valence-corrected chi connectivity index (χ2v) is 7.89. The summed E-state index contributed by atoms with van der Waals surface area (Å²) in [6, 6.07) is 6.36. The summed E-state index contributed by atoms with van der Waals surface area (Å²) in [4.78, 5) is 13.5. The highest BCUT2D eigenvalue weighted by molar-refractivity contribution is 7.89. The molecule has 0 bridgehead atoms. The van der Waals surface area contributed by atoms with Gasteiger partial charge in [-0.05, 0) is 43.5 Å². The van der Waals surface area contributed by atoms with Crippen LogP contribution in [0.2, 0.25) is 0 Å². The number of aliphatic hydroxyl groups excluding tert-OH is 1. The highest BCUT2D eigenvalue weighted by Crippen LogP contribution is 2.44. The molecule has 1 aliphatic heterocycles. The third kappa shape index (κ3) is 3.02. The number of amides is 1. The molecule has 1 amide bonds. The van der Waals surface area contributed by atoms with Crippen molar-refractivity contribution in [3.63, 3.8) is 0 Å². The Bertz CT molecular complexity index is 665. The Kier molecular flexibility index (Phi) is 3.96. The summed E-state index contributed by atoms with van der Waals surface area (Å²) in [7, 11) is -3.58. The molecular formula is C15H20N2O4S. The lowest BCUT2D eigenvalue weighted by molar-refractivity contribution is -0.117. The number of aliphatic hydroxyl groups is 1. The molecule has 0 unspecified atom stereocenters. The van der Waals surface area contributed by atoms with Crippen molar-refractivity contribution in [2.75, 3.05) is 24.6 Å². The summed E-state index contributed by atoms with van der Waals surface area (Å²) in [5.41, 5.74) is 0.463. The smallest absolute Gasteiger partial charge is 0.240 e. The van der Waals surface area contributed by atoms with E-state index in [2.05, 4.69) is 4.72 Å². The predicted octanol–water partition coefficient (Wildman–Crippen LogP) is 0.864. The molecule has 22 heavy (non-hydrogen) atoms. The van der Waals surface area contributed by atoms with E-state index in [1.807, 2.05) is 0 Å². The number of benzene rings is 1. The second kappa shape index (κ2) is 5.64. The van der Waals surface area contributed by atoms with Gasteiger partial charge >= 0.3 is 0 Å². The van der Waals surface area contributed by atoms with Crippen LogP contribution in [0.3, 0.4) is 0 Å². The number of carbonyl (C=O) groups excluding carboxylic acids is 1. The van der Waals surface area contributed by atoms with E-state index >= 15 is 0 Å². The van der Waals surface area contributed by atoms with Crippen LogP contribution in [-0.4, -0.2) is 39.1 Å². The monoisotopic (exact) mass is 324 g/mol. The van der Waals surface area contributed by atoms with Crippen molar-refractivity contribution in [1.82, 2.24) is 4.72 Å². The molecule has 120 valence electrons. The van der Waals surface area contributed by atoms with E-state index in [9.17, 15) is 18.3 Å². The van der Waals surface area contributed by atoms with Gasteiger partial charge in [-0.3, -0.25) is 4.79 Å². The van der Waals surface area contributed by atoms with Crippen LogP contribution in [0.5, 0.6) is 0 Å². The second-order valence-electron chi connectivity index (χ2n) is 6.13. The van der Waals surface area contributed by atoms with E-state index in [1.165, 1.54) is 12.1 Å². The summed E-state index contributed by atoms with van der Waals surface area (Å²) in [5, 5.41) is 9.23. The molecular weight excluding hydrogens is 304 g/mol. The Morgan fingerprint density at radius 2 is 1.91 bits per heavy atom. The van der Waals surface area contributed by atoms with Gasteiger partial charge in [0.25, 0.3) is 0 Å². The molecule has 0 spiro atoms. The minimum Gasteiger partial charge on any atom is -0.396 e. The van der Waals surface area contributed by atoms with E-state index in [4.69, 9.17) is 0 Å². The molecule has 2 fully saturated rings. The third-order valence-corrected chi connectivity index (χ3v) is 5.88.